The number of hydrogen-bond donors (Lipinski definition) is 6. The number of aromatic hydroxyl groups is 2. The molecule has 6 N–H and O–H groups in total. The molecule has 7 amide bonds. The largest absolute Gasteiger partial charge is 0.503 e. The average Bonchev–Trinajstić information content (AvgIpc) is 1.54. The zero-order valence-electron chi connectivity index (χ0n) is 73.5. The number of aromatic carboxylic acids is 1. The smallest absolute Gasteiger partial charge is 0.446 e. The van der Waals surface area contributed by atoms with Gasteiger partial charge in [-0.05, 0) is 112 Å². The molecule has 8 atom stereocenters. The van der Waals surface area contributed by atoms with E-state index in [1.165, 1.54) is 33.9 Å². The van der Waals surface area contributed by atoms with Gasteiger partial charge in [0.2, 0.25) is 28.0 Å². The maximum Gasteiger partial charge on any atom is 0.446 e. The Hall–Kier alpha value is -14.3. The average molecular weight is 1920 g/mol. The minimum atomic E-state index is -4.64. The second-order valence-electron chi connectivity index (χ2n) is 37.3. The fraction of sp³-hybridized carbons (Fsp3) is 0.392. The van der Waals surface area contributed by atoms with Gasteiger partial charge in [-0.1, -0.05) is 86.3 Å². The fourth-order valence-corrected chi connectivity index (χ4v) is 22.5. The van der Waals surface area contributed by atoms with E-state index < -0.39 is 192 Å². The summed E-state index contributed by atoms with van der Waals surface area (Å²) in [7, 11) is 0. The number of aldehydes is 1. The molecule has 5 aromatic carbocycles. The second kappa shape index (κ2) is 37.3. The van der Waals surface area contributed by atoms with Crippen molar-refractivity contribution in [3.8, 4) is 23.0 Å². The molecule has 724 valence electrons. The SMILES string of the molecule is O=C(NCc1c(F)cc(F)cc1F)c1cn2c(c(O)c1=O)C(=O)N1C[C@H]3CCC[C@@]1(C3)C2.O=C(NCc1c(F)cc(F)cc1F)c1cn2c(c(O)c1=O)C(=O)N1C[C@H]3CCC[C@@]1(C3)C2.O=C(NCc1c(F)cc(F)cc1F)c1cn2c(c(OCc3ccccc3)c1=O)C(=O)N1C[C@H]3CCC[C@@]1(C3)C2.O=C(O)c1cn2c(c(OCc3ccccc3)c1=O)C(=O)N1C[C@H]3CCC[C@@]1(C3)C2.O=CC(F)(F)F. The Balaban J connectivity index is 0.000000125. The summed E-state index contributed by atoms with van der Waals surface area (Å²) in [5.74, 6) is -16.2. The topological polar surface area (TPSA) is 370 Å². The van der Waals surface area contributed by atoms with E-state index in [-0.39, 0.29) is 81.5 Å². The number of nitrogens with one attached hydrogen (secondary N) is 3. The Bertz CT molecular complexity index is 6540. The molecule has 0 radical (unpaired) electrons. The first-order valence-corrected chi connectivity index (χ1v) is 44.8. The number of rotatable bonds is 16. The molecule has 29 nitrogen and oxygen atoms in total. The molecular formula is C97H89F12N11O18. The molecular weight excluding hydrogens is 1840 g/mol. The van der Waals surface area contributed by atoms with Crippen molar-refractivity contribution in [3.05, 3.63) is 288 Å². The van der Waals surface area contributed by atoms with Crippen molar-refractivity contribution in [1.82, 2.24) is 53.8 Å². The van der Waals surface area contributed by atoms with Gasteiger partial charge in [-0.3, -0.25) is 57.5 Å². The number of aromatic nitrogens is 4. The number of nitrogens with zero attached hydrogens (tertiary/aromatic N) is 8. The predicted molar refractivity (Wildman–Crippen MR) is 462 cm³/mol. The molecule has 4 aliphatic carbocycles. The molecule has 4 spiro atoms. The van der Waals surface area contributed by atoms with E-state index in [9.17, 15) is 126 Å². The summed E-state index contributed by atoms with van der Waals surface area (Å²) in [5, 5.41) is 37.3. The van der Waals surface area contributed by atoms with Crippen LogP contribution < -0.4 is 47.1 Å². The highest BCUT2D eigenvalue weighted by Crippen LogP contribution is 2.53. The highest BCUT2D eigenvalue weighted by molar-refractivity contribution is 6.03. The van der Waals surface area contributed by atoms with E-state index in [0.29, 0.717) is 112 Å². The first kappa shape index (κ1) is 95.4. The molecule has 4 saturated carbocycles. The van der Waals surface area contributed by atoms with Crippen LogP contribution in [0.5, 0.6) is 23.0 Å². The number of alkyl halides is 3. The van der Waals surface area contributed by atoms with E-state index >= 15 is 0 Å². The highest BCUT2D eigenvalue weighted by Gasteiger charge is 2.59. The lowest BCUT2D eigenvalue weighted by Crippen LogP contribution is -2.55. The lowest BCUT2D eigenvalue weighted by Gasteiger charge is -2.44. The molecule has 12 aliphatic rings. The number of hydrogen-bond acceptors (Lipinski definition) is 17. The number of amides is 7. The van der Waals surface area contributed by atoms with Gasteiger partial charge in [-0.25, -0.2) is 44.3 Å². The quantitative estimate of drug-likeness (QED) is 0.0386. The number of carbonyl (C=O) groups excluding carboxylic acids is 8. The second-order valence-corrected chi connectivity index (χ2v) is 37.3. The lowest BCUT2D eigenvalue weighted by atomic mass is 9.79. The summed E-state index contributed by atoms with van der Waals surface area (Å²) in [4.78, 5) is 171. The van der Waals surface area contributed by atoms with Crippen LogP contribution in [-0.2, 0) is 63.8 Å². The van der Waals surface area contributed by atoms with Gasteiger partial charge in [-0.15, -0.1) is 0 Å². The van der Waals surface area contributed by atoms with Crippen LogP contribution in [0.2, 0.25) is 0 Å². The van der Waals surface area contributed by atoms with Crippen LogP contribution >= 0.6 is 0 Å². The minimum absolute atomic E-state index is 0.00119. The van der Waals surface area contributed by atoms with E-state index in [1.54, 1.807) is 18.9 Å². The molecule has 138 heavy (non-hydrogen) atoms. The van der Waals surface area contributed by atoms with Gasteiger partial charge in [0.1, 0.15) is 87.8 Å². The molecule has 41 heteroatoms. The summed E-state index contributed by atoms with van der Waals surface area (Å²) in [5.41, 5.74) is -6.73. The molecule has 8 fully saturated rings. The third kappa shape index (κ3) is 18.0. The molecule has 4 aromatic heterocycles. The normalized spacial score (nSPS) is 22.7. The Morgan fingerprint density at radius 2 is 0.645 bits per heavy atom. The van der Waals surface area contributed by atoms with Crippen LogP contribution in [0.25, 0.3) is 0 Å². The maximum atomic E-state index is 14.1. The van der Waals surface area contributed by atoms with Crippen molar-refractivity contribution in [2.45, 2.75) is 190 Å². The van der Waals surface area contributed by atoms with Crippen molar-refractivity contribution < 1.29 is 121 Å². The van der Waals surface area contributed by atoms with Crippen LogP contribution in [0.4, 0.5) is 52.7 Å². The number of carboxylic acids is 1. The molecule has 4 saturated heterocycles. The van der Waals surface area contributed by atoms with Gasteiger partial charge in [-0.2, -0.15) is 13.2 Å². The Morgan fingerprint density at radius 1 is 0.391 bits per heavy atom. The molecule has 21 rings (SSSR count). The Labute approximate surface area is 775 Å². The number of carbonyl (C=O) groups is 9. The minimum Gasteiger partial charge on any atom is -0.503 e. The molecule has 8 bridgehead atoms. The van der Waals surface area contributed by atoms with E-state index in [1.807, 2.05) is 70.5 Å². The van der Waals surface area contributed by atoms with Gasteiger partial charge in [0, 0.05) is 150 Å². The van der Waals surface area contributed by atoms with Crippen LogP contribution in [0.15, 0.2) is 141 Å². The molecule has 8 aliphatic heterocycles. The monoisotopic (exact) mass is 1920 g/mol. The standard InChI is InChI=1S/C29H26F3N3O4.2C22H20F3N3O4.C22H22N2O5.C2HF3O/c30-19-9-22(31)20(23(32)10-19)12-33-27(37)21-14-34-16-29-8-4-7-18(11-29)13-35(29)28(38)24(34)26(25(21)36)39-15-17-5-2-1-3-6-17;2*23-12-4-15(24)13(16(25)5-12)7-26-20(31)14-9-27-10-22-3-1-2-11(6-22)8-28(22)21(32)17(27)19(30)18(14)29;25-18-16(21(27)28)11-23-13-22-8-4-7-15(9-22)10-24(22)20(26)17(23)19(18)29-12-14-5-2-1-3-6-14;3-2(4,5)1-6/h1-3,5-6,9-10,14,18H,4,7-8,11-13,15-16H2,(H,33,37);2*4-5,9,11,30H,1-3,6-8,10H2,(H,26,31);1-3,5-6,11,15H,4,7-10,12-13H2,(H,27,28);1H/t18-,29+;2*11-,22+;15-,22+;/m0000./s1. The molecule has 9 aromatic rings. The highest BCUT2D eigenvalue weighted by atomic mass is 19.4. The van der Waals surface area contributed by atoms with Crippen LogP contribution in [0.3, 0.4) is 0 Å². The number of ether oxygens (including phenoxy) is 2. The molecule has 0 unspecified atom stereocenters. The van der Waals surface area contributed by atoms with Gasteiger partial charge in [0.05, 0.1) is 22.2 Å². The van der Waals surface area contributed by atoms with Crippen LogP contribution in [-0.4, -0.2) is 161 Å². The zero-order valence-corrected chi connectivity index (χ0v) is 73.5. The molecule has 12 heterocycles. The predicted octanol–water partition coefficient (Wildman–Crippen LogP) is 12.0. The number of fused-ring (bicyclic) bond motifs is 8. The van der Waals surface area contributed by atoms with E-state index in [0.717, 1.165) is 114 Å². The van der Waals surface area contributed by atoms with Crippen LogP contribution in [0, 0.1) is 76.0 Å². The summed E-state index contributed by atoms with van der Waals surface area (Å²) < 4.78 is 172. The van der Waals surface area contributed by atoms with Gasteiger partial charge in [0.25, 0.3) is 41.4 Å². The van der Waals surface area contributed by atoms with Crippen molar-refractivity contribution in [2.24, 2.45) is 23.7 Å². The number of halogens is 12. The lowest BCUT2D eigenvalue weighted by molar-refractivity contribution is -0.156. The Kier molecular flexibility index (Phi) is 25.8. The zero-order chi connectivity index (χ0) is 98.3. The van der Waals surface area contributed by atoms with Gasteiger partial charge in [0.15, 0.2) is 45.8 Å². The van der Waals surface area contributed by atoms with Crippen molar-refractivity contribution in [1.29, 1.82) is 0 Å². The van der Waals surface area contributed by atoms with E-state index in [2.05, 4.69) is 16.0 Å². The number of carboxylic acid groups (broad SMARTS) is 1. The van der Waals surface area contributed by atoms with Crippen LogP contribution in [0.1, 0.15) is 214 Å². The number of pyridine rings is 4. The fourth-order valence-electron chi connectivity index (χ4n) is 22.5. The first-order chi connectivity index (χ1) is 65.7. The number of benzene rings is 5. The van der Waals surface area contributed by atoms with Crippen molar-refractivity contribution in [3.63, 3.8) is 0 Å². The Morgan fingerprint density at radius 3 is 0.920 bits per heavy atom. The third-order valence-electron chi connectivity index (χ3n) is 28.5. The van der Waals surface area contributed by atoms with Gasteiger partial charge < -0.3 is 78.6 Å². The summed E-state index contributed by atoms with van der Waals surface area (Å²) in [6.07, 6.45) is 14.4. The summed E-state index contributed by atoms with van der Waals surface area (Å²) >= 11 is 0. The van der Waals surface area contributed by atoms with Crippen molar-refractivity contribution >= 4 is 53.6 Å². The van der Waals surface area contributed by atoms with Gasteiger partial charge >= 0.3 is 12.1 Å². The first-order valence-electron chi connectivity index (χ1n) is 44.8. The van der Waals surface area contributed by atoms with E-state index in [4.69, 9.17) is 14.3 Å². The summed E-state index contributed by atoms with van der Waals surface area (Å²) in [6, 6.07) is 21.4. The third-order valence-corrected chi connectivity index (χ3v) is 28.5. The summed E-state index contributed by atoms with van der Waals surface area (Å²) in [6.45, 7) is 2.35. The van der Waals surface area contributed by atoms with Crippen molar-refractivity contribution in [2.75, 3.05) is 26.2 Å². The maximum absolute atomic E-state index is 14.1.